The number of carbonyl (C=O) groups is 1. The highest BCUT2D eigenvalue weighted by Crippen LogP contribution is 2.36. The van der Waals surface area contributed by atoms with Gasteiger partial charge in [0.05, 0.1) is 24.6 Å². The predicted molar refractivity (Wildman–Crippen MR) is 115 cm³/mol. The number of ether oxygens (including phenoxy) is 3. The van der Waals surface area contributed by atoms with Gasteiger partial charge in [0.15, 0.2) is 18.1 Å². The number of carbonyl (C=O) groups excluding carboxylic acids is 1. The number of fused-ring (bicyclic) bond motifs is 1. The van der Waals surface area contributed by atoms with Crippen LogP contribution in [-0.4, -0.2) is 61.4 Å². The summed E-state index contributed by atoms with van der Waals surface area (Å²) in [4.78, 5) is 20.1. The molecular formula is C21H20F4N8O4. The van der Waals surface area contributed by atoms with Crippen molar-refractivity contribution in [1.29, 1.82) is 5.26 Å². The van der Waals surface area contributed by atoms with E-state index in [0.29, 0.717) is 0 Å². The third-order valence-corrected chi connectivity index (χ3v) is 5.89. The van der Waals surface area contributed by atoms with E-state index in [1.165, 1.54) is 22.7 Å². The Labute approximate surface area is 205 Å². The molecule has 0 spiro atoms. The van der Waals surface area contributed by atoms with Gasteiger partial charge in [-0.2, -0.15) is 10.4 Å². The molecule has 4 heterocycles. The van der Waals surface area contributed by atoms with E-state index in [9.17, 15) is 27.6 Å². The molecule has 1 saturated heterocycles. The Bertz CT molecular complexity index is 1360. The van der Waals surface area contributed by atoms with Crippen molar-refractivity contribution in [3.63, 3.8) is 0 Å². The Balaban J connectivity index is 1.29. The monoisotopic (exact) mass is 524 g/mol. The third-order valence-electron chi connectivity index (χ3n) is 5.89. The minimum absolute atomic E-state index is 0.0217. The lowest BCUT2D eigenvalue weighted by Crippen LogP contribution is -2.39. The Morgan fingerprint density at radius 2 is 2.16 bits per heavy atom. The molecule has 196 valence electrons. The van der Waals surface area contributed by atoms with Crippen LogP contribution < -0.4 is 10.6 Å². The van der Waals surface area contributed by atoms with Crippen molar-refractivity contribution in [3.8, 4) is 6.07 Å². The van der Waals surface area contributed by atoms with Gasteiger partial charge in [0, 0.05) is 23.9 Å². The van der Waals surface area contributed by atoms with E-state index in [1.807, 2.05) is 13.0 Å². The van der Waals surface area contributed by atoms with Crippen LogP contribution in [0, 0.1) is 11.3 Å². The van der Waals surface area contributed by atoms with Gasteiger partial charge in [-0.25, -0.2) is 19.2 Å². The van der Waals surface area contributed by atoms with Gasteiger partial charge < -0.3 is 20.1 Å². The highest BCUT2D eigenvalue weighted by molar-refractivity contribution is 5.69. The fourth-order valence-corrected chi connectivity index (χ4v) is 3.73. The minimum Gasteiger partial charge on any atom is -0.441 e. The number of halogens is 4. The average molecular weight is 524 g/mol. The highest BCUT2D eigenvalue weighted by atomic mass is 19.4. The zero-order valence-electron chi connectivity index (χ0n) is 19.2. The first-order valence-corrected chi connectivity index (χ1v) is 11.1. The molecule has 12 nitrogen and oxygen atoms in total. The first-order valence-electron chi connectivity index (χ1n) is 11.1. The number of amides is 1. The SMILES string of the molecule is CC1(NC(=O)O[C@@H]2CO[C@H](c3cc(Nc4nc(C#N)cc5nc(COC(F)(F)F)cn45)n[nH]3)[C@H]2F)CC1. The van der Waals surface area contributed by atoms with Crippen molar-refractivity contribution in [2.24, 2.45) is 0 Å². The molecule has 1 aliphatic carbocycles. The molecule has 5 rings (SSSR count). The Kier molecular flexibility index (Phi) is 6.12. The lowest BCUT2D eigenvalue weighted by molar-refractivity contribution is -0.330. The number of alkyl carbamates (subject to hydrolysis) is 1. The lowest BCUT2D eigenvalue weighted by Gasteiger charge is -2.17. The summed E-state index contributed by atoms with van der Waals surface area (Å²) in [6, 6.07) is 4.57. The maximum Gasteiger partial charge on any atom is 0.522 e. The number of hydrogen-bond acceptors (Lipinski definition) is 9. The summed E-state index contributed by atoms with van der Waals surface area (Å²) in [5.41, 5.74) is -0.0265. The van der Waals surface area contributed by atoms with Gasteiger partial charge in [0.2, 0.25) is 5.95 Å². The smallest absolute Gasteiger partial charge is 0.441 e. The number of aromatic nitrogens is 5. The van der Waals surface area contributed by atoms with Gasteiger partial charge in [-0.15, -0.1) is 13.2 Å². The standard InChI is InChI=1S/C21H20F4N8O4/c1-20(2-3-20)30-19(34)37-13-9-35-17(16(13)22)12-5-14(32-31-12)29-18-28-10(6-26)4-15-27-11(7-33(15)18)8-36-21(23,24)25/h4-5,7,13,16-17H,2-3,8-9H2,1H3,(H,30,34)(H2,28,29,31,32)/t13-,16+,17-/m1/s1. The van der Waals surface area contributed by atoms with Crippen molar-refractivity contribution < 1.29 is 36.6 Å². The molecule has 0 bridgehead atoms. The van der Waals surface area contributed by atoms with Gasteiger partial charge in [-0.1, -0.05) is 0 Å². The van der Waals surface area contributed by atoms with Crippen molar-refractivity contribution >= 4 is 23.5 Å². The van der Waals surface area contributed by atoms with Gasteiger partial charge in [-0.05, 0) is 19.8 Å². The molecule has 0 aromatic carbocycles. The molecule has 2 aliphatic rings. The number of nitrogens with one attached hydrogen (secondary N) is 3. The fourth-order valence-electron chi connectivity index (χ4n) is 3.73. The van der Waals surface area contributed by atoms with Crippen LogP contribution in [0.15, 0.2) is 18.3 Å². The van der Waals surface area contributed by atoms with Crippen LogP contribution >= 0.6 is 0 Å². The number of anilines is 2. The predicted octanol–water partition coefficient (Wildman–Crippen LogP) is 3.16. The molecule has 37 heavy (non-hydrogen) atoms. The average Bonchev–Trinajstić information content (AvgIpc) is 3.19. The second kappa shape index (κ2) is 9.16. The lowest BCUT2D eigenvalue weighted by atomic mass is 10.1. The van der Waals surface area contributed by atoms with E-state index in [1.54, 1.807) is 0 Å². The van der Waals surface area contributed by atoms with Crippen molar-refractivity contribution in [3.05, 3.63) is 35.4 Å². The molecule has 0 unspecified atom stereocenters. The van der Waals surface area contributed by atoms with Crippen LogP contribution in [0.4, 0.5) is 34.1 Å². The van der Waals surface area contributed by atoms with Crippen molar-refractivity contribution in [2.75, 3.05) is 11.9 Å². The number of rotatable bonds is 7. The molecule has 3 aromatic heterocycles. The van der Waals surface area contributed by atoms with Gasteiger partial charge in [0.1, 0.15) is 23.5 Å². The minimum atomic E-state index is -4.84. The second-order valence-corrected chi connectivity index (χ2v) is 8.93. The number of imidazole rings is 1. The van der Waals surface area contributed by atoms with E-state index in [-0.39, 0.29) is 46.6 Å². The van der Waals surface area contributed by atoms with Crippen LogP contribution in [0.1, 0.15) is 43.0 Å². The number of aromatic amines is 1. The maximum absolute atomic E-state index is 15.0. The maximum atomic E-state index is 15.0. The molecule has 16 heteroatoms. The van der Waals surface area contributed by atoms with Crippen LogP contribution in [0.5, 0.6) is 0 Å². The first-order chi connectivity index (χ1) is 17.5. The number of alkyl halides is 4. The number of hydrogen-bond donors (Lipinski definition) is 3. The zero-order valence-corrected chi connectivity index (χ0v) is 19.2. The largest absolute Gasteiger partial charge is 0.522 e. The van der Waals surface area contributed by atoms with E-state index < -0.39 is 37.4 Å². The fraction of sp³-hybridized carbons (Fsp3) is 0.476. The summed E-state index contributed by atoms with van der Waals surface area (Å²) in [5, 5.41) is 21.5. The number of H-pyrrole nitrogens is 1. The van der Waals surface area contributed by atoms with Crippen molar-refractivity contribution in [1.82, 2.24) is 29.9 Å². The zero-order chi connectivity index (χ0) is 26.4. The molecule has 3 N–H and O–H groups in total. The normalized spacial score (nSPS) is 22.5. The summed E-state index contributed by atoms with van der Waals surface area (Å²) in [6.07, 6.45) is -6.49. The van der Waals surface area contributed by atoms with Gasteiger partial charge in [-0.3, -0.25) is 14.2 Å². The Hall–Kier alpha value is -3.97. The Morgan fingerprint density at radius 1 is 1.38 bits per heavy atom. The summed E-state index contributed by atoms with van der Waals surface area (Å²) in [6.45, 7) is 0.878. The van der Waals surface area contributed by atoms with Gasteiger partial charge >= 0.3 is 12.5 Å². The van der Waals surface area contributed by atoms with Crippen LogP contribution in [0.3, 0.4) is 0 Å². The second-order valence-electron chi connectivity index (χ2n) is 8.93. The first kappa shape index (κ1) is 24.7. The molecule has 3 aromatic rings. The summed E-state index contributed by atoms with van der Waals surface area (Å²) < 4.78 is 68.0. The van der Waals surface area contributed by atoms with Crippen LogP contribution in [0.25, 0.3) is 5.65 Å². The molecule has 0 radical (unpaired) electrons. The number of nitrogens with zero attached hydrogens (tertiary/aromatic N) is 5. The quantitative estimate of drug-likeness (QED) is 0.396. The van der Waals surface area contributed by atoms with Crippen LogP contribution in [0.2, 0.25) is 0 Å². The van der Waals surface area contributed by atoms with Crippen molar-refractivity contribution in [2.45, 2.75) is 56.7 Å². The Morgan fingerprint density at radius 3 is 2.86 bits per heavy atom. The van der Waals surface area contributed by atoms with E-state index >= 15 is 0 Å². The molecule has 2 fully saturated rings. The molecule has 3 atom stereocenters. The van der Waals surface area contributed by atoms with Gasteiger partial charge in [0.25, 0.3) is 0 Å². The molecular weight excluding hydrogens is 504 g/mol. The molecule has 1 saturated carbocycles. The molecule has 1 amide bonds. The summed E-state index contributed by atoms with van der Waals surface area (Å²) in [5.74, 6) is 0.175. The highest BCUT2D eigenvalue weighted by Gasteiger charge is 2.44. The summed E-state index contributed by atoms with van der Waals surface area (Å²) in [7, 11) is 0. The van der Waals surface area contributed by atoms with E-state index in [2.05, 4.69) is 35.5 Å². The molecule has 1 aliphatic heterocycles. The number of nitriles is 1. The topological polar surface area (TPSA) is 151 Å². The van der Waals surface area contributed by atoms with Crippen LogP contribution in [-0.2, 0) is 20.8 Å². The van der Waals surface area contributed by atoms with E-state index in [4.69, 9.17) is 9.47 Å². The third kappa shape index (κ3) is 5.57. The summed E-state index contributed by atoms with van der Waals surface area (Å²) >= 11 is 0. The van der Waals surface area contributed by atoms with E-state index in [0.717, 1.165) is 12.8 Å².